The summed E-state index contributed by atoms with van der Waals surface area (Å²) in [5.74, 6) is -0.477. The van der Waals surface area contributed by atoms with Crippen LogP contribution in [0.3, 0.4) is 0 Å². The molecule has 152 valence electrons. The first kappa shape index (κ1) is 20.9. The van der Waals surface area contributed by atoms with Crippen molar-refractivity contribution in [3.8, 4) is 0 Å². The molecular formula is C22H23ClFN3O2. The number of anilines is 1. The van der Waals surface area contributed by atoms with Crippen molar-refractivity contribution in [1.29, 1.82) is 0 Å². The molecule has 0 bridgehead atoms. The van der Waals surface area contributed by atoms with Crippen LogP contribution in [0.1, 0.15) is 11.3 Å². The molecule has 3 rings (SSSR count). The number of ether oxygens (including phenoxy) is 1. The van der Waals surface area contributed by atoms with E-state index in [1.807, 2.05) is 47.2 Å². The zero-order chi connectivity index (χ0) is 20.6. The first-order chi connectivity index (χ1) is 14.1. The number of nitrogens with one attached hydrogen (secondary N) is 1. The van der Waals surface area contributed by atoms with Gasteiger partial charge in [-0.25, -0.2) is 9.18 Å². The molecule has 7 heteroatoms. The topological polar surface area (TPSA) is 46.5 Å². The van der Waals surface area contributed by atoms with Crippen LogP contribution in [0.2, 0.25) is 5.02 Å². The Bertz CT molecular complexity index is 960. The SMILES string of the molecule is COCCN(Cc1cccn1Cc1ccccc1Cl)C(=O)Nc1ccccc1F. The van der Waals surface area contributed by atoms with Gasteiger partial charge in [0.15, 0.2) is 0 Å². The van der Waals surface area contributed by atoms with Gasteiger partial charge in [-0.1, -0.05) is 41.9 Å². The maximum Gasteiger partial charge on any atom is 0.322 e. The van der Waals surface area contributed by atoms with Gasteiger partial charge in [-0.05, 0) is 35.9 Å². The third-order valence-corrected chi connectivity index (χ3v) is 4.91. The van der Waals surface area contributed by atoms with Gasteiger partial charge in [0, 0.05) is 37.1 Å². The highest BCUT2D eigenvalue weighted by molar-refractivity contribution is 6.31. The Morgan fingerprint density at radius 1 is 1.14 bits per heavy atom. The van der Waals surface area contributed by atoms with Crippen LogP contribution in [-0.4, -0.2) is 35.8 Å². The second-order valence-electron chi connectivity index (χ2n) is 6.54. The number of benzene rings is 2. The van der Waals surface area contributed by atoms with E-state index in [4.69, 9.17) is 16.3 Å². The second kappa shape index (κ2) is 10.1. The Kier molecular flexibility index (Phi) is 7.27. The van der Waals surface area contributed by atoms with E-state index < -0.39 is 11.8 Å². The number of methoxy groups -OCH3 is 1. The van der Waals surface area contributed by atoms with E-state index >= 15 is 0 Å². The molecule has 0 saturated carbocycles. The Balaban J connectivity index is 1.75. The minimum atomic E-state index is -0.477. The Hall–Kier alpha value is -2.83. The predicted octanol–water partition coefficient (Wildman–Crippen LogP) is 5.01. The summed E-state index contributed by atoms with van der Waals surface area (Å²) in [6.45, 7) is 1.68. The highest BCUT2D eigenvalue weighted by Gasteiger charge is 2.17. The zero-order valence-electron chi connectivity index (χ0n) is 16.1. The van der Waals surface area contributed by atoms with Gasteiger partial charge < -0.3 is 19.5 Å². The molecule has 0 atom stereocenters. The smallest absolute Gasteiger partial charge is 0.322 e. The molecule has 0 aliphatic rings. The van der Waals surface area contributed by atoms with Gasteiger partial charge in [-0.2, -0.15) is 0 Å². The van der Waals surface area contributed by atoms with Gasteiger partial charge in [0.2, 0.25) is 0 Å². The summed E-state index contributed by atoms with van der Waals surface area (Å²) in [7, 11) is 1.58. The Labute approximate surface area is 174 Å². The molecule has 5 nitrogen and oxygen atoms in total. The van der Waals surface area contributed by atoms with Crippen molar-refractivity contribution in [2.24, 2.45) is 0 Å². The molecule has 0 aliphatic heterocycles. The molecule has 0 spiro atoms. The lowest BCUT2D eigenvalue weighted by Gasteiger charge is -2.24. The lowest BCUT2D eigenvalue weighted by Crippen LogP contribution is -2.37. The first-order valence-corrected chi connectivity index (χ1v) is 9.63. The summed E-state index contributed by atoms with van der Waals surface area (Å²) in [5, 5.41) is 3.33. The van der Waals surface area contributed by atoms with Crippen LogP contribution in [0.15, 0.2) is 66.9 Å². The van der Waals surface area contributed by atoms with E-state index in [0.717, 1.165) is 11.3 Å². The molecule has 0 fully saturated rings. The lowest BCUT2D eigenvalue weighted by atomic mass is 10.2. The maximum absolute atomic E-state index is 13.9. The van der Waals surface area contributed by atoms with Crippen molar-refractivity contribution in [1.82, 2.24) is 9.47 Å². The van der Waals surface area contributed by atoms with Gasteiger partial charge in [0.1, 0.15) is 5.82 Å². The summed E-state index contributed by atoms with van der Waals surface area (Å²) in [5.41, 5.74) is 2.07. The molecule has 1 N–H and O–H groups in total. The summed E-state index contributed by atoms with van der Waals surface area (Å²) in [4.78, 5) is 14.4. The number of hydrogen-bond acceptors (Lipinski definition) is 2. The number of carbonyl (C=O) groups is 1. The van der Waals surface area contributed by atoms with E-state index in [9.17, 15) is 9.18 Å². The summed E-state index contributed by atoms with van der Waals surface area (Å²) in [6.07, 6.45) is 1.95. The molecule has 3 aromatic rings. The molecule has 29 heavy (non-hydrogen) atoms. The minimum absolute atomic E-state index is 0.145. The molecule has 1 aromatic heterocycles. The first-order valence-electron chi connectivity index (χ1n) is 9.25. The normalized spacial score (nSPS) is 10.7. The third kappa shape index (κ3) is 5.59. The van der Waals surface area contributed by atoms with E-state index in [1.54, 1.807) is 24.1 Å². The van der Waals surface area contributed by atoms with Crippen molar-refractivity contribution in [3.63, 3.8) is 0 Å². The van der Waals surface area contributed by atoms with Crippen molar-refractivity contribution in [2.45, 2.75) is 13.1 Å². The Morgan fingerprint density at radius 3 is 2.66 bits per heavy atom. The van der Waals surface area contributed by atoms with Gasteiger partial charge in [0.05, 0.1) is 18.8 Å². The van der Waals surface area contributed by atoms with Crippen molar-refractivity contribution >= 4 is 23.3 Å². The van der Waals surface area contributed by atoms with E-state index in [2.05, 4.69) is 5.32 Å². The van der Waals surface area contributed by atoms with Crippen LogP contribution in [0.25, 0.3) is 0 Å². The largest absolute Gasteiger partial charge is 0.383 e. The predicted molar refractivity (Wildman–Crippen MR) is 113 cm³/mol. The van der Waals surface area contributed by atoms with Gasteiger partial charge >= 0.3 is 6.03 Å². The molecule has 1 heterocycles. The molecule has 0 unspecified atom stereocenters. The Morgan fingerprint density at radius 2 is 1.90 bits per heavy atom. The number of carbonyl (C=O) groups excluding carboxylic acids is 1. The fraction of sp³-hybridized carbons (Fsp3) is 0.227. The summed E-state index contributed by atoms with van der Waals surface area (Å²) in [6, 6.07) is 17.2. The number of rotatable bonds is 8. The van der Waals surface area contributed by atoms with Gasteiger partial charge in [-0.3, -0.25) is 0 Å². The van der Waals surface area contributed by atoms with Crippen LogP contribution in [-0.2, 0) is 17.8 Å². The van der Waals surface area contributed by atoms with Gasteiger partial charge in [0.25, 0.3) is 0 Å². The maximum atomic E-state index is 13.9. The average molecular weight is 416 g/mol. The number of amides is 2. The molecule has 0 saturated heterocycles. The van der Waals surface area contributed by atoms with E-state index in [1.165, 1.54) is 12.1 Å². The number of aromatic nitrogens is 1. The minimum Gasteiger partial charge on any atom is -0.383 e. The average Bonchev–Trinajstić information content (AvgIpc) is 3.15. The molecule has 2 amide bonds. The fourth-order valence-electron chi connectivity index (χ4n) is 2.96. The van der Waals surface area contributed by atoms with Crippen LogP contribution in [0.5, 0.6) is 0 Å². The molecule has 2 aromatic carbocycles. The van der Waals surface area contributed by atoms with Crippen molar-refractivity contribution < 1.29 is 13.9 Å². The molecule has 0 aliphatic carbocycles. The monoisotopic (exact) mass is 415 g/mol. The summed E-state index contributed by atoms with van der Waals surface area (Å²) >= 11 is 6.28. The standard InChI is InChI=1S/C22H23ClFN3O2/c1-29-14-13-27(22(28)25-21-11-5-4-10-20(21)24)16-18-8-6-12-26(18)15-17-7-2-3-9-19(17)23/h2-12H,13-16H2,1H3,(H,25,28). The molecular weight excluding hydrogens is 393 g/mol. The lowest BCUT2D eigenvalue weighted by molar-refractivity contribution is 0.151. The molecule has 0 radical (unpaired) electrons. The third-order valence-electron chi connectivity index (χ3n) is 4.54. The van der Waals surface area contributed by atoms with Crippen LogP contribution in [0.4, 0.5) is 14.9 Å². The number of nitrogens with zero attached hydrogens (tertiary/aromatic N) is 2. The van der Waals surface area contributed by atoms with Crippen LogP contribution >= 0.6 is 11.6 Å². The highest BCUT2D eigenvalue weighted by Crippen LogP contribution is 2.19. The number of urea groups is 1. The summed E-state index contributed by atoms with van der Waals surface area (Å²) < 4.78 is 21.1. The quantitative estimate of drug-likeness (QED) is 0.562. The van der Waals surface area contributed by atoms with Crippen LogP contribution < -0.4 is 5.32 Å². The number of hydrogen-bond donors (Lipinski definition) is 1. The number of halogens is 2. The zero-order valence-corrected chi connectivity index (χ0v) is 16.9. The number of para-hydroxylation sites is 1. The fourth-order valence-corrected chi connectivity index (χ4v) is 3.16. The van der Waals surface area contributed by atoms with Crippen molar-refractivity contribution in [3.05, 3.63) is 89.0 Å². The van der Waals surface area contributed by atoms with Gasteiger partial charge in [-0.15, -0.1) is 0 Å². The second-order valence-corrected chi connectivity index (χ2v) is 6.95. The highest BCUT2D eigenvalue weighted by atomic mass is 35.5. The van der Waals surface area contributed by atoms with E-state index in [-0.39, 0.29) is 5.69 Å². The van der Waals surface area contributed by atoms with E-state index in [0.29, 0.717) is 31.3 Å². The van der Waals surface area contributed by atoms with Crippen molar-refractivity contribution in [2.75, 3.05) is 25.6 Å². The van der Waals surface area contributed by atoms with Crippen LogP contribution in [0, 0.1) is 5.82 Å².